The van der Waals surface area contributed by atoms with Crippen LogP contribution in [0.25, 0.3) is 16.9 Å². The minimum absolute atomic E-state index is 0.261. The molecule has 2 aromatic heterocycles. The van der Waals surface area contributed by atoms with Crippen LogP contribution in [0.2, 0.25) is 5.02 Å². The summed E-state index contributed by atoms with van der Waals surface area (Å²) in [6, 6.07) is 7.11. The van der Waals surface area contributed by atoms with E-state index in [1.807, 2.05) is 6.07 Å². The molecule has 0 saturated carbocycles. The number of halogens is 1. The van der Waals surface area contributed by atoms with Crippen molar-refractivity contribution in [3.8, 4) is 5.69 Å². The Hall–Kier alpha value is -2.52. The average molecular weight is 391 g/mol. The Bertz CT molecular complexity index is 990. The van der Waals surface area contributed by atoms with Crippen LogP contribution in [0.3, 0.4) is 0 Å². The molecule has 10 heteroatoms. The zero-order valence-corrected chi connectivity index (χ0v) is 15.8. The second kappa shape index (κ2) is 7.38. The highest BCUT2D eigenvalue weighted by Gasteiger charge is 2.28. The zero-order valence-electron chi connectivity index (χ0n) is 14.3. The molecule has 2 heterocycles. The van der Waals surface area contributed by atoms with Gasteiger partial charge in [0.25, 0.3) is 0 Å². The van der Waals surface area contributed by atoms with Crippen LogP contribution in [0, 0.1) is 0 Å². The van der Waals surface area contributed by atoms with Gasteiger partial charge < -0.3 is 4.90 Å². The first-order valence-corrected chi connectivity index (χ1v) is 8.85. The second-order valence-corrected chi connectivity index (χ2v) is 7.20. The number of ketones is 1. The number of carbonyl (C=O) groups is 2. The SMILES string of the molecule is CC(=O)C(Sc1ncnc2c1nnn2-c1cccc(Cl)c1)C(=O)N(C)C. The fraction of sp³-hybridized carbons (Fsp3) is 0.250. The largest absolute Gasteiger partial charge is 0.347 e. The zero-order chi connectivity index (χ0) is 18.8. The van der Waals surface area contributed by atoms with Gasteiger partial charge in [-0.3, -0.25) is 9.59 Å². The maximum absolute atomic E-state index is 12.3. The predicted octanol–water partition coefficient (Wildman–Crippen LogP) is 2.00. The minimum Gasteiger partial charge on any atom is -0.347 e. The van der Waals surface area contributed by atoms with Crippen molar-refractivity contribution in [3.05, 3.63) is 35.6 Å². The lowest BCUT2D eigenvalue weighted by atomic mass is 10.3. The lowest BCUT2D eigenvalue weighted by Gasteiger charge is -2.17. The van der Waals surface area contributed by atoms with Gasteiger partial charge in [0.1, 0.15) is 16.6 Å². The standard InChI is InChI=1S/C16H15ClN6O2S/c1-9(24)13(16(25)22(2)3)26-15-12-14(18-8-19-15)23(21-20-12)11-6-4-5-10(17)7-11/h4-8,13H,1-3H3. The average Bonchev–Trinajstić information content (AvgIpc) is 3.03. The van der Waals surface area contributed by atoms with E-state index in [4.69, 9.17) is 11.6 Å². The number of hydrogen-bond donors (Lipinski definition) is 0. The number of Topliss-reactive ketones (excluding diaryl/α,β-unsaturated/α-hetero) is 1. The Morgan fingerprint density at radius 2 is 2.04 bits per heavy atom. The third-order valence-corrected chi connectivity index (χ3v) is 5.05. The van der Waals surface area contributed by atoms with Crippen LogP contribution in [0.4, 0.5) is 0 Å². The molecule has 0 spiro atoms. The van der Waals surface area contributed by atoms with Crippen molar-refractivity contribution in [1.29, 1.82) is 0 Å². The molecule has 1 unspecified atom stereocenters. The smallest absolute Gasteiger partial charge is 0.243 e. The Labute approximate surface area is 158 Å². The Morgan fingerprint density at radius 1 is 1.27 bits per heavy atom. The quantitative estimate of drug-likeness (QED) is 0.373. The predicted molar refractivity (Wildman–Crippen MR) is 98.5 cm³/mol. The second-order valence-electron chi connectivity index (χ2n) is 5.67. The number of aromatic nitrogens is 5. The van der Waals surface area contributed by atoms with Crippen molar-refractivity contribution in [2.45, 2.75) is 17.2 Å². The van der Waals surface area contributed by atoms with E-state index < -0.39 is 5.25 Å². The number of fused-ring (bicyclic) bond motifs is 1. The molecule has 1 amide bonds. The number of nitrogens with zero attached hydrogens (tertiary/aromatic N) is 6. The first kappa shape index (κ1) is 18.3. The summed E-state index contributed by atoms with van der Waals surface area (Å²) in [6.45, 7) is 1.38. The van der Waals surface area contributed by atoms with Crippen molar-refractivity contribution < 1.29 is 9.59 Å². The number of rotatable bonds is 5. The summed E-state index contributed by atoms with van der Waals surface area (Å²) in [5.74, 6) is -0.570. The number of benzene rings is 1. The molecule has 3 aromatic rings. The molecule has 134 valence electrons. The van der Waals surface area contributed by atoms with E-state index in [1.165, 1.54) is 22.8 Å². The van der Waals surface area contributed by atoms with Gasteiger partial charge in [-0.15, -0.1) is 5.10 Å². The monoisotopic (exact) mass is 390 g/mol. The molecule has 0 fully saturated rings. The first-order chi connectivity index (χ1) is 12.4. The summed E-state index contributed by atoms with van der Waals surface area (Å²) < 4.78 is 1.53. The summed E-state index contributed by atoms with van der Waals surface area (Å²) in [4.78, 5) is 34.0. The highest BCUT2D eigenvalue weighted by Crippen LogP contribution is 2.29. The van der Waals surface area contributed by atoms with Gasteiger partial charge in [-0.05, 0) is 25.1 Å². The van der Waals surface area contributed by atoms with Crippen molar-refractivity contribution in [3.63, 3.8) is 0 Å². The van der Waals surface area contributed by atoms with Crippen LogP contribution >= 0.6 is 23.4 Å². The topological polar surface area (TPSA) is 93.9 Å². The molecule has 3 rings (SSSR count). The maximum atomic E-state index is 12.3. The Morgan fingerprint density at radius 3 is 2.69 bits per heavy atom. The van der Waals surface area contributed by atoms with Gasteiger partial charge in [-0.2, -0.15) is 4.68 Å². The third-order valence-electron chi connectivity index (χ3n) is 3.52. The fourth-order valence-electron chi connectivity index (χ4n) is 2.25. The summed E-state index contributed by atoms with van der Waals surface area (Å²) in [7, 11) is 3.20. The van der Waals surface area contributed by atoms with Gasteiger partial charge in [-0.1, -0.05) is 34.6 Å². The lowest BCUT2D eigenvalue weighted by molar-refractivity contribution is -0.132. The molecule has 0 radical (unpaired) electrons. The number of thioether (sulfide) groups is 1. The molecule has 8 nitrogen and oxygen atoms in total. The molecule has 26 heavy (non-hydrogen) atoms. The summed E-state index contributed by atoms with van der Waals surface area (Å²) in [5, 5.41) is 8.31. The molecule has 0 aliphatic heterocycles. The van der Waals surface area contributed by atoms with Crippen molar-refractivity contribution in [2.75, 3.05) is 14.1 Å². The summed E-state index contributed by atoms with van der Waals surface area (Å²) >= 11 is 7.08. The van der Waals surface area contributed by atoms with Gasteiger partial charge in [0.05, 0.1) is 5.69 Å². The number of hydrogen-bond acceptors (Lipinski definition) is 7. The van der Waals surface area contributed by atoms with Crippen molar-refractivity contribution in [1.82, 2.24) is 29.9 Å². The van der Waals surface area contributed by atoms with Gasteiger partial charge >= 0.3 is 0 Å². The molecule has 1 aromatic carbocycles. The first-order valence-electron chi connectivity index (χ1n) is 7.59. The number of carbonyl (C=O) groups excluding carboxylic acids is 2. The van der Waals surface area contributed by atoms with Crippen LogP contribution in [-0.2, 0) is 9.59 Å². The van der Waals surface area contributed by atoms with Gasteiger partial charge in [0.2, 0.25) is 5.91 Å². The van der Waals surface area contributed by atoms with E-state index in [0.29, 0.717) is 26.9 Å². The molecule has 1 atom stereocenters. The highest BCUT2D eigenvalue weighted by atomic mass is 35.5. The van der Waals surface area contributed by atoms with E-state index in [1.54, 1.807) is 32.3 Å². The van der Waals surface area contributed by atoms with Crippen LogP contribution in [-0.4, -0.2) is 60.9 Å². The van der Waals surface area contributed by atoms with Crippen molar-refractivity contribution >= 4 is 46.2 Å². The fourth-order valence-corrected chi connectivity index (χ4v) is 3.49. The Balaban J connectivity index is 2.03. The minimum atomic E-state index is -0.903. The van der Waals surface area contributed by atoms with Crippen LogP contribution in [0.5, 0.6) is 0 Å². The van der Waals surface area contributed by atoms with Crippen LogP contribution in [0.15, 0.2) is 35.6 Å². The van der Waals surface area contributed by atoms with Gasteiger partial charge in [-0.25, -0.2) is 9.97 Å². The van der Waals surface area contributed by atoms with E-state index in [2.05, 4.69) is 20.3 Å². The molecular weight excluding hydrogens is 376 g/mol. The Kier molecular flexibility index (Phi) is 5.19. The molecule has 0 N–H and O–H groups in total. The van der Waals surface area contributed by atoms with E-state index in [0.717, 1.165) is 11.8 Å². The highest BCUT2D eigenvalue weighted by molar-refractivity contribution is 8.01. The number of amides is 1. The molecule has 0 aliphatic rings. The normalized spacial score (nSPS) is 12.2. The molecule has 0 aliphatic carbocycles. The summed E-state index contributed by atoms with van der Waals surface area (Å²) in [5.41, 5.74) is 1.57. The van der Waals surface area contributed by atoms with Crippen molar-refractivity contribution in [2.24, 2.45) is 0 Å². The van der Waals surface area contributed by atoms with E-state index in [-0.39, 0.29) is 11.7 Å². The van der Waals surface area contributed by atoms with Crippen LogP contribution in [0.1, 0.15) is 6.92 Å². The third kappa shape index (κ3) is 3.54. The molecular formula is C16H15ClN6O2S. The van der Waals surface area contributed by atoms with E-state index in [9.17, 15) is 9.59 Å². The van der Waals surface area contributed by atoms with Gasteiger partial charge in [0, 0.05) is 19.1 Å². The molecule has 0 saturated heterocycles. The van der Waals surface area contributed by atoms with Crippen LogP contribution < -0.4 is 0 Å². The van der Waals surface area contributed by atoms with Gasteiger partial charge in [0.15, 0.2) is 16.9 Å². The molecule has 0 bridgehead atoms. The lowest BCUT2D eigenvalue weighted by Crippen LogP contribution is -2.36. The summed E-state index contributed by atoms with van der Waals surface area (Å²) in [6.07, 6.45) is 1.35. The maximum Gasteiger partial charge on any atom is 0.243 e. The van der Waals surface area contributed by atoms with E-state index >= 15 is 0 Å².